The standard InChI is InChI=1S/C19H25NO/c1-5-12-21-18-9-7-17(8-10-18)16(4)20-19-11-6-14(2)13-15(19)3/h6-11,13,16,20H,5,12H2,1-4H3. The first-order chi connectivity index (χ1) is 10.1. The summed E-state index contributed by atoms with van der Waals surface area (Å²) in [5.74, 6) is 0.944. The number of hydrogen-bond acceptors (Lipinski definition) is 2. The normalized spacial score (nSPS) is 12.0. The fraction of sp³-hybridized carbons (Fsp3) is 0.368. The van der Waals surface area contributed by atoms with Gasteiger partial charge in [0.15, 0.2) is 0 Å². The second-order valence-electron chi connectivity index (χ2n) is 5.60. The molecule has 1 atom stereocenters. The highest BCUT2D eigenvalue weighted by molar-refractivity contribution is 5.53. The summed E-state index contributed by atoms with van der Waals surface area (Å²) < 4.78 is 5.62. The molecule has 2 heteroatoms. The molecule has 0 aliphatic carbocycles. The quantitative estimate of drug-likeness (QED) is 0.780. The number of benzene rings is 2. The van der Waals surface area contributed by atoms with Crippen LogP contribution in [0.2, 0.25) is 0 Å². The van der Waals surface area contributed by atoms with Gasteiger partial charge in [0.05, 0.1) is 6.61 Å². The van der Waals surface area contributed by atoms with E-state index in [9.17, 15) is 0 Å². The molecule has 0 saturated carbocycles. The molecule has 21 heavy (non-hydrogen) atoms. The number of nitrogens with one attached hydrogen (secondary N) is 1. The maximum atomic E-state index is 5.62. The van der Waals surface area contributed by atoms with Crippen molar-refractivity contribution in [3.05, 3.63) is 59.2 Å². The summed E-state index contributed by atoms with van der Waals surface area (Å²) in [4.78, 5) is 0. The highest BCUT2D eigenvalue weighted by Crippen LogP contribution is 2.24. The molecule has 0 aliphatic rings. The molecule has 0 saturated heterocycles. The second kappa shape index (κ2) is 7.16. The zero-order valence-electron chi connectivity index (χ0n) is 13.4. The van der Waals surface area contributed by atoms with Crippen LogP contribution in [-0.4, -0.2) is 6.61 Å². The summed E-state index contributed by atoms with van der Waals surface area (Å²) in [5, 5.41) is 3.58. The first kappa shape index (κ1) is 15.4. The first-order valence-electron chi connectivity index (χ1n) is 7.66. The van der Waals surface area contributed by atoms with Gasteiger partial charge in [0.25, 0.3) is 0 Å². The van der Waals surface area contributed by atoms with Crippen molar-refractivity contribution < 1.29 is 4.74 Å². The Morgan fingerprint density at radius 1 is 1.05 bits per heavy atom. The number of ether oxygens (including phenoxy) is 1. The van der Waals surface area contributed by atoms with Gasteiger partial charge in [-0.3, -0.25) is 0 Å². The lowest BCUT2D eigenvalue weighted by molar-refractivity contribution is 0.317. The Balaban J connectivity index is 2.04. The minimum absolute atomic E-state index is 0.270. The number of hydrogen-bond donors (Lipinski definition) is 1. The molecule has 0 amide bonds. The van der Waals surface area contributed by atoms with Crippen molar-refractivity contribution in [1.82, 2.24) is 0 Å². The minimum atomic E-state index is 0.270. The molecule has 0 aromatic heterocycles. The van der Waals surface area contributed by atoms with Crippen molar-refractivity contribution in [1.29, 1.82) is 0 Å². The third-order valence-electron chi connectivity index (χ3n) is 3.61. The van der Waals surface area contributed by atoms with Crippen molar-refractivity contribution in [2.75, 3.05) is 11.9 Å². The van der Waals surface area contributed by atoms with E-state index in [0.717, 1.165) is 18.8 Å². The molecule has 112 valence electrons. The van der Waals surface area contributed by atoms with Gasteiger partial charge in [-0.05, 0) is 56.5 Å². The fourth-order valence-electron chi connectivity index (χ4n) is 2.36. The van der Waals surface area contributed by atoms with Gasteiger partial charge in [-0.2, -0.15) is 0 Å². The summed E-state index contributed by atoms with van der Waals surface area (Å²) in [6.45, 7) is 9.33. The lowest BCUT2D eigenvalue weighted by atomic mass is 10.1. The molecule has 0 aliphatic heterocycles. The van der Waals surface area contributed by atoms with Gasteiger partial charge in [-0.25, -0.2) is 0 Å². The lowest BCUT2D eigenvalue weighted by Gasteiger charge is -2.18. The first-order valence-corrected chi connectivity index (χ1v) is 7.66. The van der Waals surface area contributed by atoms with Gasteiger partial charge in [0.1, 0.15) is 5.75 Å². The molecule has 0 fully saturated rings. The van der Waals surface area contributed by atoms with Crippen LogP contribution in [0.3, 0.4) is 0 Å². The van der Waals surface area contributed by atoms with Crippen LogP contribution < -0.4 is 10.1 Å². The van der Waals surface area contributed by atoms with Crippen molar-refractivity contribution in [3.8, 4) is 5.75 Å². The molecule has 2 aromatic rings. The zero-order chi connectivity index (χ0) is 15.2. The highest BCUT2D eigenvalue weighted by atomic mass is 16.5. The number of anilines is 1. The molecular formula is C19H25NO. The summed E-state index contributed by atoms with van der Waals surface area (Å²) in [5.41, 5.74) is 5.03. The average Bonchev–Trinajstić information content (AvgIpc) is 2.48. The van der Waals surface area contributed by atoms with E-state index >= 15 is 0 Å². The van der Waals surface area contributed by atoms with E-state index in [-0.39, 0.29) is 6.04 Å². The van der Waals surface area contributed by atoms with Gasteiger partial charge in [-0.1, -0.05) is 36.8 Å². The summed E-state index contributed by atoms with van der Waals surface area (Å²) >= 11 is 0. The van der Waals surface area contributed by atoms with Gasteiger partial charge in [0, 0.05) is 11.7 Å². The predicted octanol–water partition coefficient (Wildman–Crippen LogP) is 5.27. The zero-order valence-corrected chi connectivity index (χ0v) is 13.4. The van der Waals surface area contributed by atoms with E-state index in [2.05, 4.69) is 63.3 Å². The fourth-order valence-corrected chi connectivity index (χ4v) is 2.36. The molecule has 0 spiro atoms. The van der Waals surface area contributed by atoms with Crippen LogP contribution in [0.1, 0.15) is 43.0 Å². The van der Waals surface area contributed by atoms with Gasteiger partial charge in [0.2, 0.25) is 0 Å². The maximum Gasteiger partial charge on any atom is 0.119 e. The molecule has 1 unspecified atom stereocenters. The topological polar surface area (TPSA) is 21.3 Å². The molecule has 0 radical (unpaired) electrons. The average molecular weight is 283 g/mol. The van der Waals surface area contributed by atoms with E-state index in [1.807, 2.05) is 12.1 Å². The monoisotopic (exact) mass is 283 g/mol. The Hall–Kier alpha value is -1.96. The van der Waals surface area contributed by atoms with Crippen molar-refractivity contribution in [2.45, 2.75) is 40.2 Å². The van der Waals surface area contributed by atoms with Crippen molar-refractivity contribution >= 4 is 5.69 Å². The molecule has 2 aromatic carbocycles. The van der Waals surface area contributed by atoms with E-state index in [1.54, 1.807) is 0 Å². The summed E-state index contributed by atoms with van der Waals surface area (Å²) in [6.07, 6.45) is 1.03. The molecule has 2 rings (SSSR count). The van der Waals surface area contributed by atoms with E-state index in [4.69, 9.17) is 4.74 Å². The van der Waals surface area contributed by atoms with E-state index < -0.39 is 0 Å². The van der Waals surface area contributed by atoms with Crippen LogP contribution in [-0.2, 0) is 0 Å². The van der Waals surface area contributed by atoms with E-state index in [0.29, 0.717) is 0 Å². The molecular weight excluding hydrogens is 258 g/mol. The minimum Gasteiger partial charge on any atom is -0.494 e. The largest absolute Gasteiger partial charge is 0.494 e. The van der Waals surface area contributed by atoms with Crippen molar-refractivity contribution in [2.24, 2.45) is 0 Å². The molecule has 1 N–H and O–H groups in total. The Labute approximate surface area is 128 Å². The van der Waals surface area contributed by atoms with Crippen molar-refractivity contribution in [3.63, 3.8) is 0 Å². The van der Waals surface area contributed by atoms with Gasteiger partial charge >= 0.3 is 0 Å². The van der Waals surface area contributed by atoms with Crippen LogP contribution in [0, 0.1) is 13.8 Å². The SMILES string of the molecule is CCCOc1ccc(C(C)Nc2ccc(C)cc2C)cc1. The molecule has 0 heterocycles. The van der Waals surface area contributed by atoms with Crippen LogP contribution in [0.25, 0.3) is 0 Å². The third kappa shape index (κ3) is 4.25. The van der Waals surface area contributed by atoms with E-state index in [1.165, 1.54) is 22.4 Å². The van der Waals surface area contributed by atoms with Crippen LogP contribution in [0.15, 0.2) is 42.5 Å². The van der Waals surface area contributed by atoms with Gasteiger partial charge in [-0.15, -0.1) is 0 Å². The number of aryl methyl sites for hydroxylation is 2. The van der Waals surface area contributed by atoms with Gasteiger partial charge < -0.3 is 10.1 Å². The molecule has 0 bridgehead atoms. The third-order valence-corrected chi connectivity index (χ3v) is 3.61. The smallest absolute Gasteiger partial charge is 0.119 e. The Kier molecular flexibility index (Phi) is 5.26. The van der Waals surface area contributed by atoms with Crippen LogP contribution in [0.4, 0.5) is 5.69 Å². The Morgan fingerprint density at radius 2 is 1.76 bits per heavy atom. The maximum absolute atomic E-state index is 5.62. The molecule has 2 nitrogen and oxygen atoms in total. The number of rotatable bonds is 6. The summed E-state index contributed by atoms with van der Waals surface area (Å²) in [7, 11) is 0. The highest BCUT2D eigenvalue weighted by Gasteiger charge is 2.07. The predicted molar refractivity (Wildman–Crippen MR) is 90.2 cm³/mol. The van der Waals surface area contributed by atoms with Crippen LogP contribution in [0.5, 0.6) is 5.75 Å². The lowest BCUT2D eigenvalue weighted by Crippen LogP contribution is -2.07. The Bertz CT molecular complexity index is 575. The second-order valence-corrected chi connectivity index (χ2v) is 5.60. The van der Waals surface area contributed by atoms with Crippen LogP contribution >= 0.6 is 0 Å². The summed E-state index contributed by atoms with van der Waals surface area (Å²) in [6, 6.07) is 15.1. The Morgan fingerprint density at radius 3 is 2.38 bits per heavy atom.